The first-order valence-electron chi connectivity index (χ1n) is 6.77. The highest BCUT2D eigenvalue weighted by Crippen LogP contribution is 2.29. The summed E-state index contributed by atoms with van der Waals surface area (Å²) >= 11 is 0. The number of nitrogens with one attached hydrogen (secondary N) is 1. The van der Waals surface area contributed by atoms with Crippen molar-refractivity contribution in [1.82, 2.24) is 5.32 Å². The highest BCUT2D eigenvalue weighted by molar-refractivity contribution is 5.87. The van der Waals surface area contributed by atoms with Crippen LogP contribution < -0.4 is 11.1 Å². The lowest BCUT2D eigenvalue weighted by Gasteiger charge is -2.20. The molecule has 0 radical (unpaired) electrons. The number of amides is 2. The lowest BCUT2D eigenvalue weighted by atomic mass is 9.98. The SMILES string of the molecule is C[C@H](CC#N)[C@H](NC(=O)Cc1cccc(C(F)(F)F)c1)C(N)=O. The van der Waals surface area contributed by atoms with Gasteiger partial charge in [0, 0.05) is 6.42 Å². The first kappa shape index (κ1) is 18.5. The van der Waals surface area contributed by atoms with Crippen LogP contribution in [0.2, 0.25) is 0 Å². The van der Waals surface area contributed by atoms with Crippen LogP contribution in [0.3, 0.4) is 0 Å². The van der Waals surface area contributed by atoms with Crippen molar-refractivity contribution in [3.05, 3.63) is 35.4 Å². The summed E-state index contributed by atoms with van der Waals surface area (Å²) in [6.07, 6.45) is -4.81. The highest BCUT2D eigenvalue weighted by Gasteiger charge is 2.30. The van der Waals surface area contributed by atoms with E-state index < -0.39 is 35.5 Å². The van der Waals surface area contributed by atoms with E-state index in [0.29, 0.717) is 0 Å². The quantitative estimate of drug-likeness (QED) is 0.833. The maximum absolute atomic E-state index is 12.6. The van der Waals surface area contributed by atoms with E-state index in [9.17, 15) is 22.8 Å². The Morgan fingerprint density at radius 3 is 2.57 bits per heavy atom. The third kappa shape index (κ3) is 5.62. The minimum atomic E-state index is -4.50. The van der Waals surface area contributed by atoms with Gasteiger partial charge < -0.3 is 11.1 Å². The molecule has 1 aromatic rings. The van der Waals surface area contributed by atoms with E-state index >= 15 is 0 Å². The van der Waals surface area contributed by atoms with Crippen molar-refractivity contribution in [1.29, 1.82) is 5.26 Å². The number of halogens is 3. The van der Waals surface area contributed by atoms with Gasteiger partial charge >= 0.3 is 6.18 Å². The first-order valence-corrected chi connectivity index (χ1v) is 6.77. The van der Waals surface area contributed by atoms with Crippen LogP contribution in [0.5, 0.6) is 0 Å². The smallest absolute Gasteiger partial charge is 0.368 e. The number of benzene rings is 1. The van der Waals surface area contributed by atoms with E-state index in [4.69, 9.17) is 11.0 Å². The van der Waals surface area contributed by atoms with Crippen LogP contribution in [0.15, 0.2) is 24.3 Å². The average molecular weight is 327 g/mol. The van der Waals surface area contributed by atoms with Gasteiger partial charge in [-0.25, -0.2) is 0 Å². The van der Waals surface area contributed by atoms with Gasteiger partial charge in [-0.3, -0.25) is 9.59 Å². The van der Waals surface area contributed by atoms with Crippen molar-refractivity contribution in [2.75, 3.05) is 0 Å². The Kier molecular flexibility index (Phi) is 6.13. The fourth-order valence-electron chi connectivity index (χ4n) is 2.02. The summed E-state index contributed by atoms with van der Waals surface area (Å²) in [5, 5.41) is 11.0. The molecule has 0 aromatic heterocycles. The van der Waals surface area contributed by atoms with Crippen molar-refractivity contribution in [2.45, 2.75) is 32.0 Å². The molecule has 5 nitrogen and oxygen atoms in total. The number of hydrogen-bond acceptors (Lipinski definition) is 3. The predicted octanol–water partition coefficient (Wildman–Crippen LogP) is 1.77. The summed E-state index contributed by atoms with van der Waals surface area (Å²) in [6, 6.07) is 5.18. The summed E-state index contributed by atoms with van der Waals surface area (Å²) in [7, 11) is 0. The molecule has 0 aliphatic carbocycles. The van der Waals surface area contributed by atoms with Gasteiger partial charge in [-0.05, 0) is 17.5 Å². The molecule has 8 heteroatoms. The van der Waals surface area contributed by atoms with Crippen LogP contribution in [-0.2, 0) is 22.2 Å². The Morgan fingerprint density at radius 1 is 1.39 bits per heavy atom. The molecule has 124 valence electrons. The summed E-state index contributed by atoms with van der Waals surface area (Å²) in [5.41, 5.74) is 4.49. The Morgan fingerprint density at radius 2 is 2.04 bits per heavy atom. The molecule has 23 heavy (non-hydrogen) atoms. The minimum absolute atomic E-state index is 0.0114. The molecule has 2 atom stereocenters. The maximum Gasteiger partial charge on any atom is 0.416 e. The maximum atomic E-state index is 12.6. The van der Waals surface area contributed by atoms with Gasteiger partial charge in [0.25, 0.3) is 0 Å². The Bertz CT molecular complexity index is 623. The van der Waals surface area contributed by atoms with E-state index in [0.717, 1.165) is 12.1 Å². The molecule has 3 N–H and O–H groups in total. The van der Waals surface area contributed by atoms with E-state index in [1.807, 2.05) is 6.07 Å². The number of primary amides is 1. The van der Waals surface area contributed by atoms with Crippen LogP contribution >= 0.6 is 0 Å². The van der Waals surface area contributed by atoms with Crippen LogP contribution in [0, 0.1) is 17.2 Å². The molecule has 0 fully saturated rings. The van der Waals surface area contributed by atoms with Crippen molar-refractivity contribution in [3.8, 4) is 6.07 Å². The number of alkyl halides is 3. The predicted molar refractivity (Wildman–Crippen MR) is 75.7 cm³/mol. The van der Waals surface area contributed by atoms with Crippen molar-refractivity contribution in [3.63, 3.8) is 0 Å². The second kappa shape index (κ2) is 7.63. The topological polar surface area (TPSA) is 96.0 Å². The third-order valence-corrected chi connectivity index (χ3v) is 3.22. The van der Waals surface area contributed by atoms with Crippen LogP contribution in [-0.4, -0.2) is 17.9 Å². The largest absolute Gasteiger partial charge is 0.416 e. The zero-order chi connectivity index (χ0) is 17.6. The number of carbonyl (C=O) groups excluding carboxylic acids is 2. The highest BCUT2D eigenvalue weighted by atomic mass is 19.4. The van der Waals surface area contributed by atoms with Gasteiger partial charge in [0.05, 0.1) is 18.1 Å². The van der Waals surface area contributed by atoms with Gasteiger partial charge in [-0.1, -0.05) is 25.1 Å². The monoisotopic (exact) mass is 327 g/mol. The molecule has 0 aliphatic heterocycles. The molecule has 1 rings (SSSR count). The van der Waals surface area contributed by atoms with Gasteiger partial charge in [0.1, 0.15) is 6.04 Å². The number of rotatable bonds is 6. The van der Waals surface area contributed by atoms with Crippen molar-refractivity contribution < 1.29 is 22.8 Å². The molecule has 0 unspecified atom stereocenters. The second-order valence-corrected chi connectivity index (χ2v) is 5.16. The summed E-state index contributed by atoms with van der Waals surface area (Å²) in [6.45, 7) is 1.57. The summed E-state index contributed by atoms with van der Waals surface area (Å²) in [4.78, 5) is 23.3. The number of nitrogens with zero attached hydrogens (tertiary/aromatic N) is 1. The normalized spacial score (nSPS) is 13.7. The molecule has 1 aromatic carbocycles. The summed E-state index contributed by atoms with van der Waals surface area (Å²) < 4.78 is 37.9. The molecule has 0 saturated carbocycles. The van der Waals surface area contributed by atoms with E-state index in [1.165, 1.54) is 12.1 Å². The van der Waals surface area contributed by atoms with E-state index in [2.05, 4.69) is 5.32 Å². The minimum Gasteiger partial charge on any atom is -0.368 e. The second-order valence-electron chi connectivity index (χ2n) is 5.16. The first-order chi connectivity index (χ1) is 10.6. The van der Waals surface area contributed by atoms with Crippen LogP contribution in [0.25, 0.3) is 0 Å². The zero-order valence-electron chi connectivity index (χ0n) is 12.4. The average Bonchev–Trinajstić information content (AvgIpc) is 2.44. The molecule has 2 amide bonds. The Balaban J connectivity index is 2.79. The summed E-state index contributed by atoms with van der Waals surface area (Å²) in [5.74, 6) is -1.94. The lowest BCUT2D eigenvalue weighted by Crippen LogP contribution is -2.48. The van der Waals surface area contributed by atoms with E-state index in [-0.39, 0.29) is 18.4 Å². The third-order valence-electron chi connectivity index (χ3n) is 3.22. The number of hydrogen-bond donors (Lipinski definition) is 2. The fraction of sp³-hybridized carbons (Fsp3) is 0.400. The van der Waals surface area contributed by atoms with Crippen molar-refractivity contribution >= 4 is 11.8 Å². The lowest BCUT2D eigenvalue weighted by molar-refractivity contribution is -0.137. The molecular weight excluding hydrogens is 311 g/mol. The molecule has 0 aliphatic rings. The molecule has 0 bridgehead atoms. The van der Waals surface area contributed by atoms with Gasteiger partial charge in [-0.15, -0.1) is 0 Å². The van der Waals surface area contributed by atoms with Gasteiger partial charge in [0.15, 0.2) is 0 Å². The van der Waals surface area contributed by atoms with Gasteiger partial charge in [0.2, 0.25) is 11.8 Å². The molecule has 0 spiro atoms. The fourth-order valence-corrected chi connectivity index (χ4v) is 2.02. The van der Waals surface area contributed by atoms with Crippen molar-refractivity contribution in [2.24, 2.45) is 11.7 Å². The Hall–Kier alpha value is -2.56. The molecule has 0 saturated heterocycles. The zero-order valence-corrected chi connectivity index (χ0v) is 12.4. The number of nitriles is 1. The number of carbonyl (C=O) groups is 2. The molecular formula is C15H16F3N3O2. The number of nitrogens with two attached hydrogens (primary N) is 1. The van der Waals surface area contributed by atoms with Crippen LogP contribution in [0.1, 0.15) is 24.5 Å². The van der Waals surface area contributed by atoms with E-state index in [1.54, 1.807) is 6.92 Å². The standard InChI is InChI=1S/C15H16F3N3O2/c1-9(5-6-19)13(14(20)23)21-12(22)8-10-3-2-4-11(7-10)15(16,17)18/h2-4,7,9,13H,5,8H2,1H3,(H2,20,23)(H,21,22)/t9-,13+/m1/s1. The Labute approximate surface area is 131 Å². The van der Waals surface area contributed by atoms with Gasteiger partial charge in [-0.2, -0.15) is 18.4 Å². The van der Waals surface area contributed by atoms with Crippen LogP contribution in [0.4, 0.5) is 13.2 Å². The molecule has 0 heterocycles.